The maximum absolute atomic E-state index is 14.0. The van der Waals surface area contributed by atoms with Gasteiger partial charge in [-0.2, -0.15) is 0 Å². The number of rotatable bonds is 3. The van der Waals surface area contributed by atoms with Crippen molar-refractivity contribution in [1.29, 1.82) is 5.41 Å². The molecule has 1 aliphatic rings. The zero-order valence-electron chi connectivity index (χ0n) is 10.7. The van der Waals surface area contributed by atoms with Crippen LogP contribution in [-0.4, -0.2) is 32.1 Å². The minimum atomic E-state index is -0.695. The van der Waals surface area contributed by atoms with E-state index in [9.17, 15) is 8.78 Å². The van der Waals surface area contributed by atoms with E-state index in [1.165, 1.54) is 0 Å². The first-order valence-corrected chi connectivity index (χ1v) is 6.14. The summed E-state index contributed by atoms with van der Waals surface area (Å²) >= 11 is 0. The van der Waals surface area contributed by atoms with Crippen molar-refractivity contribution < 1.29 is 13.5 Å². The molecule has 1 aliphatic heterocycles. The molecule has 3 N–H and O–H groups in total. The number of nitrogen functional groups attached to an aromatic ring is 1. The minimum absolute atomic E-state index is 0.0547. The van der Waals surface area contributed by atoms with Crippen molar-refractivity contribution in [3.8, 4) is 0 Å². The summed E-state index contributed by atoms with van der Waals surface area (Å²) in [5, 5.41) is 7.22. The number of amidine groups is 1. The molecule has 0 unspecified atom stereocenters. The fraction of sp³-hybridized carbons (Fsp3) is 0.462. The fourth-order valence-electron chi connectivity index (χ4n) is 2.31. The van der Waals surface area contributed by atoms with Gasteiger partial charge >= 0.3 is 0 Å². The summed E-state index contributed by atoms with van der Waals surface area (Å²) in [6, 6.07) is 2.24. The summed E-state index contributed by atoms with van der Waals surface area (Å²) < 4.78 is 33.3. The first kappa shape index (κ1) is 13.7. The number of nitrogens with one attached hydrogen (secondary N) is 1. The van der Waals surface area contributed by atoms with Crippen molar-refractivity contribution in [2.45, 2.75) is 18.9 Å². The summed E-state index contributed by atoms with van der Waals surface area (Å²) in [5.41, 5.74) is 5.22. The molecule has 1 heterocycles. The molecule has 1 aromatic carbocycles. The van der Waals surface area contributed by atoms with Crippen molar-refractivity contribution in [2.75, 3.05) is 25.2 Å². The molecule has 0 atom stereocenters. The first-order valence-electron chi connectivity index (χ1n) is 6.14. The Morgan fingerprint density at radius 1 is 1.32 bits per heavy atom. The smallest absolute Gasteiger partial charge is 0.150 e. The van der Waals surface area contributed by atoms with E-state index in [4.69, 9.17) is 15.9 Å². The number of ether oxygens (including phenoxy) is 1. The van der Waals surface area contributed by atoms with Gasteiger partial charge in [-0.05, 0) is 25.0 Å². The van der Waals surface area contributed by atoms with Crippen LogP contribution in [0.2, 0.25) is 0 Å². The van der Waals surface area contributed by atoms with E-state index >= 15 is 0 Å². The van der Waals surface area contributed by atoms with Crippen LogP contribution in [0.4, 0.5) is 14.5 Å². The van der Waals surface area contributed by atoms with Gasteiger partial charge in [-0.25, -0.2) is 8.78 Å². The van der Waals surface area contributed by atoms with Crippen LogP contribution >= 0.6 is 0 Å². The lowest BCUT2D eigenvalue weighted by molar-refractivity contribution is 0.0852. The highest BCUT2D eigenvalue weighted by atomic mass is 19.1. The molecule has 0 aromatic heterocycles. The van der Waals surface area contributed by atoms with E-state index in [-0.39, 0.29) is 23.1 Å². The van der Waals surface area contributed by atoms with Gasteiger partial charge in [0.25, 0.3) is 0 Å². The summed E-state index contributed by atoms with van der Waals surface area (Å²) in [5.74, 6) is -1.74. The van der Waals surface area contributed by atoms with Crippen molar-refractivity contribution in [1.82, 2.24) is 0 Å². The van der Waals surface area contributed by atoms with Gasteiger partial charge in [0.05, 0.1) is 0 Å². The number of halogens is 2. The number of hydrogen-bond acceptors (Lipinski definition) is 3. The molecular weight excluding hydrogens is 252 g/mol. The molecule has 1 saturated heterocycles. The van der Waals surface area contributed by atoms with Gasteiger partial charge in [0.1, 0.15) is 23.2 Å². The maximum atomic E-state index is 14.0. The van der Waals surface area contributed by atoms with Gasteiger partial charge < -0.3 is 15.4 Å². The van der Waals surface area contributed by atoms with Crippen molar-refractivity contribution in [3.63, 3.8) is 0 Å². The largest absolute Gasteiger partial charge is 0.384 e. The lowest BCUT2D eigenvalue weighted by atomic mass is 10.1. The average Bonchev–Trinajstić information content (AvgIpc) is 2.38. The highest BCUT2D eigenvalue weighted by Crippen LogP contribution is 2.28. The van der Waals surface area contributed by atoms with Crippen LogP contribution in [0.5, 0.6) is 0 Å². The van der Waals surface area contributed by atoms with Crippen LogP contribution in [-0.2, 0) is 4.74 Å². The predicted octanol–water partition coefficient (Wildman–Crippen LogP) is 1.86. The number of nitrogens with zero attached hydrogens (tertiary/aromatic N) is 1. The Kier molecular flexibility index (Phi) is 3.99. The lowest BCUT2D eigenvalue weighted by Crippen LogP contribution is -2.37. The monoisotopic (exact) mass is 269 g/mol. The molecule has 19 heavy (non-hydrogen) atoms. The zero-order valence-corrected chi connectivity index (χ0v) is 10.7. The molecule has 4 nitrogen and oxygen atoms in total. The third kappa shape index (κ3) is 2.84. The second kappa shape index (κ2) is 5.52. The second-order valence-electron chi connectivity index (χ2n) is 4.66. The standard InChI is InChI=1S/C13H17F2N3O/c1-18(9-2-4-19-5-3-9)12-10(14)6-8(13(16)17)7-11(12)15/h6-7,9H,2-5H2,1H3,(H3,16,17). The van der Waals surface area contributed by atoms with Gasteiger partial charge in [0, 0.05) is 31.9 Å². The number of benzene rings is 1. The van der Waals surface area contributed by atoms with E-state index in [0.29, 0.717) is 13.2 Å². The zero-order chi connectivity index (χ0) is 14.0. The highest BCUT2D eigenvalue weighted by molar-refractivity contribution is 5.95. The Labute approximate surface area is 110 Å². The van der Waals surface area contributed by atoms with Crippen LogP contribution in [0.3, 0.4) is 0 Å². The van der Waals surface area contributed by atoms with E-state index < -0.39 is 11.6 Å². The van der Waals surface area contributed by atoms with Crippen LogP contribution in [0.25, 0.3) is 0 Å². The van der Waals surface area contributed by atoms with Crippen LogP contribution in [0, 0.1) is 17.0 Å². The molecule has 0 aliphatic carbocycles. The molecule has 0 amide bonds. The SMILES string of the molecule is CN(c1c(F)cc(C(=N)N)cc1F)C1CCOCC1. The maximum Gasteiger partial charge on any atom is 0.150 e. The topological polar surface area (TPSA) is 62.3 Å². The molecule has 0 spiro atoms. The van der Waals surface area contributed by atoms with E-state index in [2.05, 4.69) is 0 Å². The quantitative estimate of drug-likeness (QED) is 0.650. The molecule has 2 rings (SSSR count). The Morgan fingerprint density at radius 2 is 1.84 bits per heavy atom. The van der Waals surface area contributed by atoms with Gasteiger partial charge in [-0.15, -0.1) is 0 Å². The lowest BCUT2D eigenvalue weighted by Gasteiger charge is -2.33. The van der Waals surface area contributed by atoms with Crippen molar-refractivity contribution in [2.24, 2.45) is 5.73 Å². The Bertz CT molecular complexity index is 464. The Hall–Kier alpha value is -1.69. The average molecular weight is 269 g/mol. The van der Waals surface area contributed by atoms with Crippen molar-refractivity contribution >= 4 is 11.5 Å². The molecule has 1 aromatic rings. The Balaban J connectivity index is 2.30. The van der Waals surface area contributed by atoms with Crippen LogP contribution in [0.1, 0.15) is 18.4 Å². The first-order chi connectivity index (χ1) is 9.00. The van der Waals surface area contributed by atoms with E-state index in [1.54, 1.807) is 11.9 Å². The molecule has 0 bridgehead atoms. The Morgan fingerprint density at radius 3 is 2.32 bits per heavy atom. The molecule has 0 saturated carbocycles. The summed E-state index contributed by atoms with van der Waals surface area (Å²) in [6.07, 6.45) is 1.48. The number of anilines is 1. The third-order valence-corrected chi connectivity index (χ3v) is 3.42. The molecular formula is C13H17F2N3O. The molecule has 104 valence electrons. The summed E-state index contributed by atoms with van der Waals surface area (Å²) in [6.45, 7) is 1.20. The predicted molar refractivity (Wildman–Crippen MR) is 69.6 cm³/mol. The minimum Gasteiger partial charge on any atom is -0.384 e. The van der Waals surface area contributed by atoms with E-state index in [1.807, 2.05) is 0 Å². The normalized spacial score (nSPS) is 16.4. The van der Waals surface area contributed by atoms with Gasteiger partial charge in [0.2, 0.25) is 0 Å². The molecule has 0 radical (unpaired) electrons. The number of nitrogens with two attached hydrogens (primary N) is 1. The van der Waals surface area contributed by atoms with Crippen molar-refractivity contribution in [3.05, 3.63) is 29.3 Å². The van der Waals surface area contributed by atoms with Crippen LogP contribution in [0.15, 0.2) is 12.1 Å². The molecule has 6 heteroatoms. The fourth-order valence-corrected chi connectivity index (χ4v) is 2.31. The third-order valence-electron chi connectivity index (χ3n) is 3.42. The van der Waals surface area contributed by atoms with Crippen LogP contribution < -0.4 is 10.6 Å². The highest BCUT2D eigenvalue weighted by Gasteiger charge is 2.24. The molecule has 1 fully saturated rings. The van der Waals surface area contributed by atoms with Gasteiger partial charge in [-0.3, -0.25) is 5.41 Å². The summed E-state index contributed by atoms with van der Waals surface area (Å²) in [7, 11) is 1.67. The number of hydrogen-bond donors (Lipinski definition) is 2. The van der Waals surface area contributed by atoms with Gasteiger partial charge in [0.15, 0.2) is 0 Å². The van der Waals surface area contributed by atoms with Gasteiger partial charge in [-0.1, -0.05) is 0 Å². The second-order valence-corrected chi connectivity index (χ2v) is 4.66. The summed E-state index contributed by atoms with van der Waals surface area (Å²) in [4.78, 5) is 1.61. The van der Waals surface area contributed by atoms with E-state index in [0.717, 1.165) is 25.0 Å².